The summed E-state index contributed by atoms with van der Waals surface area (Å²) in [5.74, 6) is -0.623. The van der Waals surface area contributed by atoms with Crippen LogP contribution in [-0.2, 0) is 9.59 Å². The average Bonchev–Trinajstić information content (AvgIpc) is 3.07. The van der Waals surface area contributed by atoms with E-state index in [2.05, 4.69) is 20.8 Å². The number of hydrogen-bond donors (Lipinski definition) is 2. The monoisotopic (exact) mass is 334 g/mol. The van der Waals surface area contributed by atoms with Crippen molar-refractivity contribution in [3.05, 3.63) is 35.3 Å². The van der Waals surface area contributed by atoms with Gasteiger partial charge in [-0.15, -0.1) is 11.3 Å². The summed E-state index contributed by atoms with van der Waals surface area (Å²) in [5, 5.41) is 8.10. The lowest BCUT2D eigenvalue weighted by atomic mass is 10.2. The van der Waals surface area contributed by atoms with Crippen LogP contribution in [0.15, 0.2) is 34.9 Å². The van der Waals surface area contributed by atoms with Crippen molar-refractivity contribution in [2.75, 3.05) is 19.5 Å². The molecule has 8 nitrogen and oxygen atoms in total. The molecule has 0 spiro atoms. The van der Waals surface area contributed by atoms with Gasteiger partial charge in [-0.1, -0.05) is 0 Å². The summed E-state index contributed by atoms with van der Waals surface area (Å²) >= 11 is 1.21. The zero-order chi connectivity index (χ0) is 16.7. The molecule has 0 unspecified atom stereocenters. The van der Waals surface area contributed by atoms with E-state index >= 15 is 0 Å². The predicted molar refractivity (Wildman–Crippen MR) is 86.0 cm³/mol. The summed E-state index contributed by atoms with van der Waals surface area (Å²) in [6, 6.07) is 5.12. The van der Waals surface area contributed by atoms with Crippen LogP contribution in [-0.4, -0.2) is 37.2 Å². The molecule has 23 heavy (non-hydrogen) atoms. The van der Waals surface area contributed by atoms with E-state index in [4.69, 9.17) is 9.47 Å². The maximum atomic E-state index is 11.6. The van der Waals surface area contributed by atoms with Crippen LogP contribution in [0.3, 0.4) is 0 Å². The van der Waals surface area contributed by atoms with Crippen LogP contribution in [0.25, 0.3) is 0 Å². The number of rotatable bonds is 5. The Labute approximate surface area is 136 Å². The number of benzene rings is 1. The van der Waals surface area contributed by atoms with Gasteiger partial charge in [0, 0.05) is 11.6 Å². The SMILES string of the molecule is COc1ccc(C=NNC(=O)C(=O)Nc2nccs2)cc1OC. The molecular weight excluding hydrogens is 320 g/mol. The molecule has 0 atom stereocenters. The molecule has 2 rings (SSSR count). The van der Waals surface area contributed by atoms with Crippen LogP contribution in [0.2, 0.25) is 0 Å². The standard InChI is InChI=1S/C14H14N4O4S/c1-21-10-4-3-9(7-11(10)22-2)8-16-18-13(20)12(19)17-14-15-5-6-23-14/h3-8H,1-2H3,(H,18,20)(H,15,17,19). The molecule has 2 amide bonds. The minimum atomic E-state index is -0.892. The van der Waals surface area contributed by atoms with Crippen molar-refractivity contribution in [1.29, 1.82) is 0 Å². The summed E-state index contributed by atoms with van der Waals surface area (Å²) < 4.78 is 10.3. The fourth-order valence-corrected chi connectivity index (χ4v) is 2.11. The number of carbonyl (C=O) groups excluding carboxylic acids is 2. The van der Waals surface area contributed by atoms with Crippen LogP contribution in [0, 0.1) is 0 Å². The third-order valence-electron chi connectivity index (χ3n) is 2.65. The molecule has 0 saturated heterocycles. The Morgan fingerprint density at radius 3 is 2.65 bits per heavy atom. The Morgan fingerprint density at radius 1 is 1.22 bits per heavy atom. The van der Waals surface area contributed by atoms with Gasteiger partial charge in [-0.3, -0.25) is 14.9 Å². The Balaban J connectivity index is 1.93. The number of nitrogens with one attached hydrogen (secondary N) is 2. The topological polar surface area (TPSA) is 102 Å². The molecular formula is C14H14N4O4S. The number of amides is 2. The summed E-state index contributed by atoms with van der Waals surface area (Å²) in [6.45, 7) is 0. The van der Waals surface area contributed by atoms with E-state index in [-0.39, 0.29) is 0 Å². The first-order valence-corrected chi connectivity index (χ1v) is 7.28. The first-order chi connectivity index (χ1) is 11.1. The van der Waals surface area contributed by atoms with Gasteiger partial charge < -0.3 is 9.47 Å². The second-order valence-corrected chi connectivity index (χ2v) is 5.00. The fourth-order valence-electron chi connectivity index (χ4n) is 1.59. The molecule has 0 radical (unpaired) electrons. The van der Waals surface area contributed by atoms with E-state index in [0.717, 1.165) is 0 Å². The molecule has 2 aromatic rings. The van der Waals surface area contributed by atoms with Crippen molar-refractivity contribution >= 4 is 34.5 Å². The number of hydrogen-bond acceptors (Lipinski definition) is 7. The van der Waals surface area contributed by atoms with Gasteiger partial charge in [-0.2, -0.15) is 5.10 Å². The highest BCUT2D eigenvalue weighted by molar-refractivity contribution is 7.13. The van der Waals surface area contributed by atoms with E-state index in [1.807, 2.05) is 0 Å². The zero-order valence-electron chi connectivity index (χ0n) is 12.4. The summed E-state index contributed by atoms with van der Waals surface area (Å²) in [6.07, 6.45) is 2.91. The van der Waals surface area contributed by atoms with Gasteiger partial charge in [-0.25, -0.2) is 10.4 Å². The number of nitrogens with zero attached hydrogens (tertiary/aromatic N) is 2. The highest BCUT2D eigenvalue weighted by Gasteiger charge is 2.13. The molecule has 0 aliphatic heterocycles. The minimum absolute atomic E-state index is 0.342. The highest BCUT2D eigenvalue weighted by atomic mass is 32.1. The van der Waals surface area contributed by atoms with E-state index < -0.39 is 11.8 Å². The second-order valence-electron chi connectivity index (χ2n) is 4.10. The molecule has 0 saturated carbocycles. The summed E-state index contributed by atoms with van der Waals surface area (Å²) in [4.78, 5) is 27.0. The van der Waals surface area contributed by atoms with Gasteiger partial charge in [0.1, 0.15) is 0 Å². The number of hydrazone groups is 1. The van der Waals surface area contributed by atoms with E-state index in [0.29, 0.717) is 22.2 Å². The summed E-state index contributed by atoms with van der Waals surface area (Å²) in [7, 11) is 3.05. The Kier molecular flexibility index (Phi) is 5.64. The lowest BCUT2D eigenvalue weighted by Crippen LogP contribution is -2.32. The molecule has 0 bridgehead atoms. The third kappa shape index (κ3) is 4.51. The molecule has 2 N–H and O–H groups in total. The van der Waals surface area contributed by atoms with Gasteiger partial charge in [0.2, 0.25) is 0 Å². The van der Waals surface area contributed by atoms with Gasteiger partial charge in [0.15, 0.2) is 16.6 Å². The Morgan fingerprint density at radius 2 is 2.00 bits per heavy atom. The Bertz CT molecular complexity index is 716. The van der Waals surface area contributed by atoms with E-state index in [1.165, 1.54) is 38.0 Å². The van der Waals surface area contributed by atoms with Crippen molar-refractivity contribution < 1.29 is 19.1 Å². The molecule has 0 fully saturated rings. The number of aromatic nitrogens is 1. The molecule has 1 heterocycles. The van der Waals surface area contributed by atoms with E-state index in [9.17, 15) is 9.59 Å². The average molecular weight is 334 g/mol. The molecule has 1 aromatic heterocycles. The smallest absolute Gasteiger partial charge is 0.329 e. The fraction of sp³-hybridized carbons (Fsp3) is 0.143. The lowest BCUT2D eigenvalue weighted by molar-refractivity contribution is -0.136. The normalized spacial score (nSPS) is 10.3. The molecule has 0 aliphatic carbocycles. The van der Waals surface area contributed by atoms with Crippen molar-refractivity contribution in [3.63, 3.8) is 0 Å². The number of methoxy groups -OCH3 is 2. The maximum Gasteiger partial charge on any atom is 0.329 e. The molecule has 0 aliphatic rings. The van der Waals surface area contributed by atoms with Crippen LogP contribution in [0.5, 0.6) is 11.5 Å². The third-order valence-corrected chi connectivity index (χ3v) is 3.33. The van der Waals surface area contributed by atoms with E-state index in [1.54, 1.807) is 23.6 Å². The number of carbonyl (C=O) groups is 2. The lowest BCUT2D eigenvalue weighted by Gasteiger charge is -2.07. The number of anilines is 1. The van der Waals surface area contributed by atoms with Crippen LogP contribution in [0.4, 0.5) is 5.13 Å². The molecule has 1 aromatic carbocycles. The van der Waals surface area contributed by atoms with Crippen LogP contribution >= 0.6 is 11.3 Å². The molecule has 9 heteroatoms. The van der Waals surface area contributed by atoms with Crippen molar-refractivity contribution in [2.45, 2.75) is 0 Å². The number of thiazole rings is 1. The van der Waals surface area contributed by atoms with Gasteiger partial charge in [0.25, 0.3) is 0 Å². The van der Waals surface area contributed by atoms with Gasteiger partial charge in [0.05, 0.1) is 20.4 Å². The first-order valence-electron chi connectivity index (χ1n) is 6.40. The van der Waals surface area contributed by atoms with Crippen LogP contribution < -0.4 is 20.2 Å². The quantitative estimate of drug-likeness (QED) is 0.487. The maximum absolute atomic E-state index is 11.6. The second kappa shape index (κ2) is 7.90. The first kappa shape index (κ1) is 16.4. The number of ether oxygens (including phenoxy) is 2. The highest BCUT2D eigenvalue weighted by Crippen LogP contribution is 2.26. The van der Waals surface area contributed by atoms with Crippen molar-refractivity contribution in [3.8, 4) is 11.5 Å². The van der Waals surface area contributed by atoms with Gasteiger partial charge >= 0.3 is 11.8 Å². The van der Waals surface area contributed by atoms with Crippen molar-refractivity contribution in [1.82, 2.24) is 10.4 Å². The summed E-state index contributed by atoms with van der Waals surface area (Å²) in [5.41, 5.74) is 2.80. The van der Waals surface area contributed by atoms with Crippen LogP contribution in [0.1, 0.15) is 5.56 Å². The largest absolute Gasteiger partial charge is 0.493 e. The molecule has 120 valence electrons. The minimum Gasteiger partial charge on any atom is -0.493 e. The Hall–Kier alpha value is -2.94. The van der Waals surface area contributed by atoms with Gasteiger partial charge in [-0.05, 0) is 23.8 Å². The zero-order valence-corrected chi connectivity index (χ0v) is 13.2. The van der Waals surface area contributed by atoms with Crippen molar-refractivity contribution in [2.24, 2.45) is 5.10 Å². The predicted octanol–water partition coefficient (Wildman–Crippen LogP) is 1.25.